The van der Waals surface area contributed by atoms with E-state index in [1.165, 1.54) is 24.5 Å². The van der Waals surface area contributed by atoms with Crippen molar-refractivity contribution in [2.45, 2.75) is 27.2 Å². The van der Waals surface area contributed by atoms with Gasteiger partial charge in [-0.05, 0) is 41.8 Å². The predicted molar refractivity (Wildman–Crippen MR) is 128 cm³/mol. The monoisotopic (exact) mass is 464 g/mol. The molecule has 0 aliphatic heterocycles. The number of benzene rings is 1. The maximum absolute atomic E-state index is 14.5. The molecular formula is C24H22ClFN6O. The molecule has 0 bridgehead atoms. The molecule has 0 spiro atoms. The molecule has 4 rings (SSSR count). The molecule has 9 heteroatoms. The van der Waals surface area contributed by atoms with Crippen LogP contribution in [0.1, 0.15) is 27.2 Å². The van der Waals surface area contributed by atoms with Crippen molar-refractivity contribution in [1.29, 1.82) is 0 Å². The highest BCUT2D eigenvalue weighted by Crippen LogP contribution is 2.32. The zero-order chi connectivity index (χ0) is 23.6. The third kappa shape index (κ3) is 5.59. The zero-order valence-corrected chi connectivity index (χ0v) is 19.1. The Morgan fingerprint density at radius 1 is 1.06 bits per heavy atom. The predicted octanol–water partition coefficient (Wildman–Crippen LogP) is 6.00. The Morgan fingerprint density at radius 3 is 2.64 bits per heavy atom. The Labute approximate surface area is 195 Å². The molecule has 1 aromatic carbocycles. The second kappa shape index (κ2) is 9.07. The smallest absolute Gasteiger partial charge is 0.226 e. The highest BCUT2D eigenvalue weighted by Gasteiger charge is 2.17. The number of fused-ring (bicyclic) bond motifs is 1. The Balaban J connectivity index is 1.69. The molecule has 0 aliphatic rings. The van der Waals surface area contributed by atoms with Crippen molar-refractivity contribution < 1.29 is 9.18 Å². The van der Waals surface area contributed by atoms with Crippen LogP contribution >= 0.6 is 11.6 Å². The summed E-state index contributed by atoms with van der Waals surface area (Å²) in [6, 6.07) is 11.3. The summed E-state index contributed by atoms with van der Waals surface area (Å²) in [5.74, 6) is 0.243. The van der Waals surface area contributed by atoms with Crippen LogP contribution in [-0.2, 0) is 4.79 Å². The number of carbonyl (C=O) groups is 1. The lowest BCUT2D eigenvalue weighted by molar-refractivity contribution is -0.117. The van der Waals surface area contributed by atoms with Crippen molar-refractivity contribution >= 4 is 45.9 Å². The van der Waals surface area contributed by atoms with Gasteiger partial charge in [-0.15, -0.1) is 0 Å². The van der Waals surface area contributed by atoms with E-state index in [-0.39, 0.29) is 16.9 Å². The minimum Gasteiger partial charge on any atom is -0.339 e. The molecule has 4 aromatic rings. The normalized spacial score (nSPS) is 11.4. The maximum atomic E-state index is 14.5. The van der Waals surface area contributed by atoms with E-state index in [1.807, 2.05) is 26.8 Å². The van der Waals surface area contributed by atoms with Crippen molar-refractivity contribution in [3.8, 4) is 11.3 Å². The van der Waals surface area contributed by atoms with Gasteiger partial charge >= 0.3 is 0 Å². The number of pyridine rings is 2. The summed E-state index contributed by atoms with van der Waals surface area (Å²) in [4.78, 5) is 29.5. The molecule has 0 unspecified atom stereocenters. The summed E-state index contributed by atoms with van der Waals surface area (Å²) in [5.41, 5.74) is 1.54. The fourth-order valence-electron chi connectivity index (χ4n) is 3.29. The second-order valence-electron chi connectivity index (χ2n) is 8.75. The van der Waals surface area contributed by atoms with Crippen molar-refractivity contribution in [2.75, 3.05) is 10.6 Å². The molecule has 168 valence electrons. The molecule has 3 heterocycles. The molecule has 0 saturated carbocycles. The highest BCUT2D eigenvalue weighted by atomic mass is 35.5. The van der Waals surface area contributed by atoms with Gasteiger partial charge in [-0.25, -0.2) is 24.3 Å². The van der Waals surface area contributed by atoms with Gasteiger partial charge in [0, 0.05) is 34.7 Å². The molecular weight excluding hydrogens is 443 g/mol. The van der Waals surface area contributed by atoms with Gasteiger partial charge in [0.25, 0.3) is 0 Å². The van der Waals surface area contributed by atoms with Crippen LogP contribution in [0.15, 0.2) is 55.0 Å². The first-order chi connectivity index (χ1) is 15.7. The fraction of sp³-hybridized carbons (Fsp3) is 0.208. The Morgan fingerprint density at radius 2 is 1.85 bits per heavy atom. The first-order valence-electron chi connectivity index (χ1n) is 10.3. The topological polar surface area (TPSA) is 92.7 Å². The third-order valence-corrected chi connectivity index (χ3v) is 4.91. The third-order valence-electron chi connectivity index (χ3n) is 4.68. The van der Waals surface area contributed by atoms with Crippen LogP contribution in [0.2, 0.25) is 5.02 Å². The second-order valence-corrected chi connectivity index (χ2v) is 9.19. The summed E-state index contributed by atoms with van der Waals surface area (Å²) in [6.45, 7) is 5.97. The van der Waals surface area contributed by atoms with Gasteiger partial charge in [-0.2, -0.15) is 0 Å². The summed E-state index contributed by atoms with van der Waals surface area (Å²) in [5, 5.41) is 7.13. The van der Waals surface area contributed by atoms with Gasteiger partial charge in [0.1, 0.15) is 23.8 Å². The van der Waals surface area contributed by atoms with Crippen molar-refractivity contribution in [2.24, 2.45) is 5.41 Å². The van der Waals surface area contributed by atoms with E-state index >= 15 is 0 Å². The van der Waals surface area contributed by atoms with E-state index in [2.05, 4.69) is 30.6 Å². The number of carbonyl (C=O) groups excluding carboxylic acids is 1. The number of hydrogen-bond acceptors (Lipinski definition) is 6. The molecule has 0 radical (unpaired) electrons. The SMILES string of the molecule is CC(C)(C)CC(=O)Nc1cc(Nc2cc(-c3cc(Cl)ccc3F)nc3ncccc23)ncn1. The number of amides is 1. The molecule has 0 fully saturated rings. The molecule has 33 heavy (non-hydrogen) atoms. The van der Waals surface area contributed by atoms with Crippen LogP contribution in [0.4, 0.5) is 21.7 Å². The molecule has 0 aliphatic carbocycles. The van der Waals surface area contributed by atoms with E-state index in [4.69, 9.17) is 11.6 Å². The van der Waals surface area contributed by atoms with E-state index < -0.39 is 5.82 Å². The first kappa shape index (κ1) is 22.5. The zero-order valence-electron chi connectivity index (χ0n) is 18.4. The summed E-state index contributed by atoms with van der Waals surface area (Å²) < 4.78 is 14.5. The van der Waals surface area contributed by atoms with Gasteiger partial charge in [-0.3, -0.25) is 4.79 Å². The van der Waals surface area contributed by atoms with E-state index in [1.54, 1.807) is 24.4 Å². The van der Waals surface area contributed by atoms with Gasteiger partial charge in [0.05, 0.1) is 11.4 Å². The number of nitrogens with zero attached hydrogens (tertiary/aromatic N) is 4. The van der Waals surface area contributed by atoms with Gasteiger partial charge < -0.3 is 10.6 Å². The number of anilines is 3. The molecule has 3 aromatic heterocycles. The van der Waals surface area contributed by atoms with Crippen LogP contribution in [0, 0.1) is 11.2 Å². The summed E-state index contributed by atoms with van der Waals surface area (Å²) in [7, 11) is 0. The van der Waals surface area contributed by atoms with Gasteiger partial charge in [-0.1, -0.05) is 32.4 Å². The number of nitrogens with one attached hydrogen (secondary N) is 2. The lowest BCUT2D eigenvalue weighted by Crippen LogP contribution is -2.20. The first-order valence-corrected chi connectivity index (χ1v) is 10.7. The molecule has 0 saturated heterocycles. The van der Waals surface area contributed by atoms with Crippen LogP contribution < -0.4 is 10.6 Å². The Kier molecular flexibility index (Phi) is 6.20. The Hall–Kier alpha value is -3.65. The number of hydrogen-bond donors (Lipinski definition) is 2. The quantitative estimate of drug-likeness (QED) is 0.376. The van der Waals surface area contributed by atoms with Gasteiger partial charge in [0.15, 0.2) is 5.65 Å². The molecule has 0 atom stereocenters. The average molecular weight is 465 g/mol. The van der Waals surface area contributed by atoms with Crippen LogP contribution in [-0.4, -0.2) is 25.8 Å². The number of halogens is 2. The minimum absolute atomic E-state index is 0.135. The highest BCUT2D eigenvalue weighted by molar-refractivity contribution is 6.30. The minimum atomic E-state index is -0.445. The van der Waals surface area contributed by atoms with Crippen LogP contribution in [0.25, 0.3) is 22.3 Å². The van der Waals surface area contributed by atoms with Crippen LogP contribution in [0.5, 0.6) is 0 Å². The van der Waals surface area contributed by atoms with Crippen molar-refractivity contribution in [3.63, 3.8) is 0 Å². The standard InChI is InChI=1S/C24H22ClFN6O/c1-24(2,3)12-22(33)32-21-11-20(28-13-29-21)30-18-10-19(16-9-14(25)6-7-17(16)26)31-23-15(18)5-4-8-27-23/h4-11,13H,12H2,1-3H3,(H2,27,28,29,30,31,32,33). The maximum Gasteiger partial charge on any atom is 0.226 e. The largest absolute Gasteiger partial charge is 0.339 e. The van der Waals surface area contributed by atoms with Crippen molar-refractivity contribution in [3.05, 3.63) is 65.8 Å². The van der Waals surface area contributed by atoms with Gasteiger partial charge in [0.2, 0.25) is 5.91 Å². The lowest BCUT2D eigenvalue weighted by atomic mass is 9.92. The number of aromatic nitrogens is 4. The average Bonchev–Trinajstić information content (AvgIpc) is 2.74. The van der Waals surface area contributed by atoms with Crippen LogP contribution in [0.3, 0.4) is 0 Å². The fourth-order valence-corrected chi connectivity index (χ4v) is 3.47. The van der Waals surface area contributed by atoms with E-state index in [0.717, 1.165) is 5.39 Å². The van der Waals surface area contributed by atoms with E-state index in [9.17, 15) is 9.18 Å². The summed E-state index contributed by atoms with van der Waals surface area (Å²) in [6.07, 6.45) is 3.33. The number of rotatable bonds is 5. The molecule has 1 amide bonds. The molecule has 7 nitrogen and oxygen atoms in total. The Bertz CT molecular complexity index is 1340. The van der Waals surface area contributed by atoms with E-state index in [0.29, 0.717) is 40.1 Å². The summed E-state index contributed by atoms with van der Waals surface area (Å²) >= 11 is 6.08. The molecule has 2 N–H and O–H groups in total. The lowest BCUT2D eigenvalue weighted by Gasteiger charge is -2.17. The van der Waals surface area contributed by atoms with Crippen molar-refractivity contribution in [1.82, 2.24) is 19.9 Å².